The molecule has 1 N–H and O–H groups in total. The summed E-state index contributed by atoms with van der Waals surface area (Å²) in [5.41, 5.74) is 3.33. The van der Waals surface area contributed by atoms with Crippen LogP contribution in [0.2, 0.25) is 5.02 Å². The quantitative estimate of drug-likeness (QED) is 0.706. The molecule has 0 saturated carbocycles. The van der Waals surface area contributed by atoms with Crippen LogP contribution in [0.4, 0.5) is 5.69 Å². The number of esters is 1. The summed E-state index contributed by atoms with van der Waals surface area (Å²) in [7, 11) is 1.28. The number of anilines is 1. The van der Waals surface area contributed by atoms with Gasteiger partial charge in [-0.15, -0.1) is 0 Å². The molecule has 0 saturated heterocycles. The topological polar surface area (TPSA) is 64.6 Å². The van der Waals surface area contributed by atoms with Crippen LogP contribution >= 0.6 is 11.6 Å². The fourth-order valence-corrected chi connectivity index (χ4v) is 3.56. The number of hydrogen-bond acceptors (Lipinski definition) is 4. The molecule has 0 aliphatic heterocycles. The first-order valence-corrected chi connectivity index (χ1v) is 9.86. The molecule has 3 rings (SSSR count). The van der Waals surface area contributed by atoms with Gasteiger partial charge in [0.15, 0.2) is 6.10 Å². The monoisotopic (exact) mass is 401 g/mol. The van der Waals surface area contributed by atoms with Crippen LogP contribution in [0.5, 0.6) is 5.75 Å². The van der Waals surface area contributed by atoms with Crippen molar-refractivity contribution >= 4 is 29.2 Å². The number of benzene rings is 2. The van der Waals surface area contributed by atoms with Gasteiger partial charge in [0.25, 0.3) is 5.91 Å². The van der Waals surface area contributed by atoms with E-state index < -0.39 is 12.1 Å². The largest absolute Gasteiger partial charge is 0.481 e. The van der Waals surface area contributed by atoms with E-state index in [2.05, 4.69) is 11.4 Å². The summed E-state index contributed by atoms with van der Waals surface area (Å²) in [4.78, 5) is 24.5. The number of carbonyl (C=O) groups is 2. The van der Waals surface area contributed by atoms with Crippen molar-refractivity contribution in [1.82, 2.24) is 0 Å². The van der Waals surface area contributed by atoms with Crippen LogP contribution in [0, 0.1) is 0 Å². The summed E-state index contributed by atoms with van der Waals surface area (Å²) in [5, 5.41) is 3.06. The van der Waals surface area contributed by atoms with Crippen LogP contribution in [0.25, 0.3) is 0 Å². The Bertz CT molecular complexity index is 881. The molecule has 1 aliphatic rings. The third-order valence-corrected chi connectivity index (χ3v) is 5.23. The van der Waals surface area contributed by atoms with Gasteiger partial charge in [-0.3, -0.25) is 4.79 Å². The maximum atomic E-state index is 12.7. The number of carbonyl (C=O) groups excluding carboxylic acids is 2. The fourth-order valence-electron chi connectivity index (χ4n) is 3.36. The predicted molar refractivity (Wildman–Crippen MR) is 109 cm³/mol. The lowest BCUT2D eigenvalue weighted by Crippen LogP contribution is -2.32. The zero-order chi connectivity index (χ0) is 20.1. The standard InChI is InChI=1S/C22H24ClNO4/c1-3-20(28-17-10-8-14-6-4-5-7-15(14)12-17)21(25)24-16-9-11-19(23)18(13-16)22(26)27-2/h8-13,20H,3-7H2,1-2H3,(H,24,25)/t20-/m1/s1. The van der Waals surface area contributed by atoms with Gasteiger partial charge in [-0.05, 0) is 73.6 Å². The molecule has 28 heavy (non-hydrogen) atoms. The van der Waals surface area contributed by atoms with E-state index in [1.165, 1.54) is 37.1 Å². The van der Waals surface area contributed by atoms with Gasteiger partial charge >= 0.3 is 5.97 Å². The summed E-state index contributed by atoms with van der Waals surface area (Å²) >= 11 is 6.02. The van der Waals surface area contributed by atoms with E-state index >= 15 is 0 Å². The summed E-state index contributed by atoms with van der Waals surface area (Å²) < 4.78 is 10.7. The number of amides is 1. The molecule has 0 aromatic heterocycles. The fraction of sp³-hybridized carbons (Fsp3) is 0.364. The molecule has 5 nitrogen and oxygen atoms in total. The van der Waals surface area contributed by atoms with Crippen molar-refractivity contribution in [2.45, 2.75) is 45.1 Å². The van der Waals surface area contributed by atoms with Crippen molar-refractivity contribution < 1.29 is 19.1 Å². The SMILES string of the molecule is CC[C@@H](Oc1ccc2c(c1)CCCC2)C(=O)Nc1ccc(Cl)c(C(=O)OC)c1. The maximum Gasteiger partial charge on any atom is 0.339 e. The molecule has 1 aliphatic carbocycles. The highest BCUT2D eigenvalue weighted by molar-refractivity contribution is 6.33. The van der Waals surface area contributed by atoms with E-state index in [-0.39, 0.29) is 16.5 Å². The number of ether oxygens (including phenoxy) is 2. The van der Waals surface area contributed by atoms with E-state index in [0.717, 1.165) is 12.8 Å². The lowest BCUT2D eigenvalue weighted by atomic mass is 9.92. The van der Waals surface area contributed by atoms with Gasteiger partial charge < -0.3 is 14.8 Å². The van der Waals surface area contributed by atoms with Crippen LogP contribution in [-0.4, -0.2) is 25.1 Å². The Morgan fingerprint density at radius 1 is 1.11 bits per heavy atom. The molecule has 2 aromatic rings. The van der Waals surface area contributed by atoms with E-state index in [0.29, 0.717) is 17.9 Å². The van der Waals surface area contributed by atoms with Gasteiger partial charge in [-0.1, -0.05) is 24.6 Å². The average molecular weight is 402 g/mol. The Balaban J connectivity index is 1.71. The number of nitrogens with one attached hydrogen (secondary N) is 1. The molecule has 0 unspecified atom stereocenters. The van der Waals surface area contributed by atoms with Crippen molar-refractivity contribution in [3.05, 3.63) is 58.1 Å². The van der Waals surface area contributed by atoms with E-state index in [1.807, 2.05) is 19.1 Å². The third kappa shape index (κ3) is 4.65. The molecular weight excluding hydrogens is 378 g/mol. The molecule has 0 heterocycles. The third-order valence-electron chi connectivity index (χ3n) is 4.90. The van der Waals surface area contributed by atoms with Crippen molar-refractivity contribution in [3.8, 4) is 5.75 Å². The predicted octanol–water partition coefficient (Wildman–Crippen LogP) is 4.80. The molecule has 0 radical (unpaired) electrons. The number of rotatable bonds is 6. The number of halogens is 1. The van der Waals surface area contributed by atoms with Gasteiger partial charge in [-0.2, -0.15) is 0 Å². The van der Waals surface area contributed by atoms with Gasteiger partial charge in [0.2, 0.25) is 0 Å². The second kappa shape index (κ2) is 9.11. The Morgan fingerprint density at radius 3 is 2.57 bits per heavy atom. The van der Waals surface area contributed by atoms with Gasteiger partial charge in [0.05, 0.1) is 17.7 Å². The first kappa shape index (κ1) is 20.2. The Hall–Kier alpha value is -2.53. The molecule has 2 aromatic carbocycles. The maximum absolute atomic E-state index is 12.7. The zero-order valence-corrected chi connectivity index (χ0v) is 16.8. The van der Waals surface area contributed by atoms with Crippen LogP contribution in [0.15, 0.2) is 36.4 Å². The van der Waals surface area contributed by atoms with Gasteiger partial charge in [0.1, 0.15) is 5.75 Å². The molecule has 1 atom stereocenters. The van der Waals surface area contributed by atoms with Crippen LogP contribution in [-0.2, 0) is 22.4 Å². The van der Waals surface area contributed by atoms with E-state index in [1.54, 1.807) is 12.1 Å². The van der Waals surface area contributed by atoms with E-state index in [9.17, 15) is 9.59 Å². The summed E-state index contributed by atoms with van der Waals surface area (Å²) in [6.07, 6.45) is 4.44. The zero-order valence-electron chi connectivity index (χ0n) is 16.1. The molecule has 0 fully saturated rings. The van der Waals surface area contributed by atoms with Gasteiger partial charge in [0, 0.05) is 5.69 Å². The molecule has 148 valence electrons. The second-order valence-electron chi connectivity index (χ2n) is 6.83. The average Bonchev–Trinajstić information content (AvgIpc) is 2.72. The highest BCUT2D eigenvalue weighted by atomic mass is 35.5. The van der Waals surface area contributed by atoms with Gasteiger partial charge in [-0.25, -0.2) is 4.79 Å². The lowest BCUT2D eigenvalue weighted by Gasteiger charge is -2.20. The van der Waals surface area contributed by atoms with Crippen molar-refractivity contribution in [1.29, 1.82) is 0 Å². The number of methoxy groups -OCH3 is 1. The summed E-state index contributed by atoms with van der Waals surface area (Å²) in [5.74, 6) is -0.134. The highest BCUT2D eigenvalue weighted by Crippen LogP contribution is 2.27. The lowest BCUT2D eigenvalue weighted by molar-refractivity contribution is -0.122. The minimum Gasteiger partial charge on any atom is -0.481 e. The van der Waals surface area contributed by atoms with Crippen molar-refractivity contribution in [2.24, 2.45) is 0 Å². The van der Waals surface area contributed by atoms with Crippen molar-refractivity contribution in [3.63, 3.8) is 0 Å². The summed E-state index contributed by atoms with van der Waals surface area (Å²) in [6, 6.07) is 10.8. The molecule has 6 heteroatoms. The molecule has 1 amide bonds. The first-order chi connectivity index (χ1) is 13.5. The van der Waals surface area contributed by atoms with Crippen LogP contribution in [0.3, 0.4) is 0 Å². The van der Waals surface area contributed by atoms with E-state index in [4.69, 9.17) is 21.1 Å². The van der Waals surface area contributed by atoms with Crippen LogP contribution < -0.4 is 10.1 Å². The minimum atomic E-state index is -0.640. The second-order valence-corrected chi connectivity index (χ2v) is 7.24. The molecule has 0 spiro atoms. The Morgan fingerprint density at radius 2 is 1.86 bits per heavy atom. The Kier molecular flexibility index (Phi) is 6.57. The highest BCUT2D eigenvalue weighted by Gasteiger charge is 2.21. The molecular formula is C22H24ClNO4. The summed E-state index contributed by atoms with van der Waals surface area (Å²) in [6.45, 7) is 1.89. The number of fused-ring (bicyclic) bond motifs is 1. The van der Waals surface area contributed by atoms with Crippen LogP contribution in [0.1, 0.15) is 47.7 Å². The molecule has 0 bridgehead atoms. The number of hydrogen-bond donors (Lipinski definition) is 1. The van der Waals surface area contributed by atoms with Crippen molar-refractivity contribution in [2.75, 3.05) is 12.4 Å². The smallest absolute Gasteiger partial charge is 0.339 e. The normalized spacial score (nSPS) is 14.0. The first-order valence-electron chi connectivity index (χ1n) is 9.49. The Labute approximate surface area is 170 Å². The number of aryl methyl sites for hydroxylation is 2. The minimum absolute atomic E-state index is 0.200.